The molecule has 100 valence electrons. The number of nitrogens with one attached hydrogen (secondary N) is 1. The van der Waals surface area contributed by atoms with Crippen molar-refractivity contribution in [2.24, 2.45) is 0 Å². The lowest BCUT2D eigenvalue weighted by molar-refractivity contribution is -0.129. The molecule has 2 aromatic rings. The Morgan fingerprint density at radius 3 is 3.00 bits per heavy atom. The standard InChI is InChI=1S/C11H12BrN5O2/c1-5(2-7(13)11(18)19)8-3-6(12)9-10(14)15-4-16-17(8)9/h3-5,13H,2H2,1H3,(H,18,19)(H2,14,15,16). The van der Waals surface area contributed by atoms with Crippen molar-refractivity contribution in [3.8, 4) is 0 Å². The highest BCUT2D eigenvalue weighted by molar-refractivity contribution is 9.10. The fourth-order valence-electron chi connectivity index (χ4n) is 1.89. The zero-order chi connectivity index (χ0) is 14.2. The van der Waals surface area contributed by atoms with Crippen LogP contribution >= 0.6 is 15.9 Å². The number of nitrogens with two attached hydrogens (primary N) is 1. The van der Waals surface area contributed by atoms with Gasteiger partial charge in [0.2, 0.25) is 0 Å². The maximum atomic E-state index is 10.7. The van der Waals surface area contributed by atoms with E-state index >= 15 is 0 Å². The molecule has 0 fully saturated rings. The Balaban J connectivity index is 2.43. The third-order valence-corrected chi connectivity index (χ3v) is 3.44. The Bertz CT molecular complexity index is 666. The molecule has 0 radical (unpaired) electrons. The van der Waals surface area contributed by atoms with Crippen LogP contribution in [0.25, 0.3) is 5.52 Å². The number of aromatic nitrogens is 3. The van der Waals surface area contributed by atoms with E-state index in [4.69, 9.17) is 16.2 Å². The van der Waals surface area contributed by atoms with E-state index in [0.29, 0.717) is 11.3 Å². The number of nitrogen functional groups attached to an aromatic ring is 1. The number of nitrogens with zero attached hydrogens (tertiary/aromatic N) is 3. The topological polar surface area (TPSA) is 117 Å². The molecule has 0 aliphatic rings. The number of anilines is 1. The summed E-state index contributed by atoms with van der Waals surface area (Å²) >= 11 is 3.38. The summed E-state index contributed by atoms with van der Waals surface area (Å²) in [6, 6.07) is 1.82. The van der Waals surface area contributed by atoms with E-state index in [1.165, 1.54) is 6.33 Å². The maximum absolute atomic E-state index is 10.7. The number of rotatable bonds is 4. The van der Waals surface area contributed by atoms with Crippen LogP contribution in [0, 0.1) is 5.41 Å². The van der Waals surface area contributed by atoms with Gasteiger partial charge >= 0.3 is 5.97 Å². The molecule has 1 atom stereocenters. The van der Waals surface area contributed by atoms with Gasteiger partial charge in [0.25, 0.3) is 0 Å². The Kier molecular flexibility index (Phi) is 3.52. The van der Waals surface area contributed by atoms with Crippen LogP contribution in [0.2, 0.25) is 0 Å². The first kappa shape index (κ1) is 13.5. The second-order valence-electron chi connectivity index (χ2n) is 4.21. The number of carbonyl (C=O) groups is 1. The molecule has 1 unspecified atom stereocenters. The van der Waals surface area contributed by atoms with E-state index in [-0.39, 0.29) is 18.1 Å². The number of halogens is 1. The molecule has 19 heavy (non-hydrogen) atoms. The summed E-state index contributed by atoms with van der Waals surface area (Å²) < 4.78 is 2.36. The summed E-state index contributed by atoms with van der Waals surface area (Å²) in [5, 5.41) is 20.3. The van der Waals surface area contributed by atoms with Crippen molar-refractivity contribution in [1.82, 2.24) is 14.6 Å². The first-order valence-electron chi connectivity index (χ1n) is 5.50. The zero-order valence-electron chi connectivity index (χ0n) is 10.1. The monoisotopic (exact) mass is 325 g/mol. The Hall–Kier alpha value is -1.96. The van der Waals surface area contributed by atoms with E-state index in [0.717, 1.165) is 10.2 Å². The van der Waals surface area contributed by atoms with E-state index in [9.17, 15) is 4.79 Å². The normalized spacial score (nSPS) is 12.5. The molecule has 0 aromatic carbocycles. The van der Waals surface area contributed by atoms with Crippen molar-refractivity contribution in [3.05, 3.63) is 22.6 Å². The molecule has 2 aromatic heterocycles. The molecule has 2 heterocycles. The van der Waals surface area contributed by atoms with Gasteiger partial charge in [-0.2, -0.15) is 5.10 Å². The van der Waals surface area contributed by atoms with E-state index in [2.05, 4.69) is 26.0 Å². The minimum Gasteiger partial charge on any atom is -0.477 e. The van der Waals surface area contributed by atoms with Crippen LogP contribution in [0.3, 0.4) is 0 Å². The minimum atomic E-state index is -1.21. The molecule has 0 aliphatic carbocycles. The van der Waals surface area contributed by atoms with Crippen LogP contribution in [0.5, 0.6) is 0 Å². The van der Waals surface area contributed by atoms with Crippen LogP contribution in [-0.4, -0.2) is 31.4 Å². The molecule has 4 N–H and O–H groups in total. The lowest BCUT2D eigenvalue weighted by Crippen LogP contribution is -2.15. The number of carboxylic acid groups (broad SMARTS) is 1. The van der Waals surface area contributed by atoms with Gasteiger partial charge in [-0.1, -0.05) is 6.92 Å². The lowest BCUT2D eigenvalue weighted by atomic mass is 10.0. The van der Waals surface area contributed by atoms with E-state index in [1.807, 2.05) is 13.0 Å². The molecule has 7 nitrogen and oxygen atoms in total. The smallest absolute Gasteiger partial charge is 0.349 e. The number of aliphatic carboxylic acids is 1. The van der Waals surface area contributed by atoms with Crippen molar-refractivity contribution in [1.29, 1.82) is 5.41 Å². The van der Waals surface area contributed by atoms with Gasteiger partial charge < -0.3 is 10.8 Å². The highest BCUT2D eigenvalue weighted by atomic mass is 79.9. The third kappa shape index (κ3) is 2.43. The molecule has 0 saturated heterocycles. The highest BCUT2D eigenvalue weighted by Gasteiger charge is 2.19. The third-order valence-electron chi connectivity index (χ3n) is 2.84. The molecule has 0 saturated carbocycles. The van der Waals surface area contributed by atoms with E-state index in [1.54, 1.807) is 4.52 Å². The Morgan fingerprint density at radius 2 is 2.37 bits per heavy atom. The second kappa shape index (κ2) is 4.96. The van der Waals surface area contributed by atoms with Gasteiger partial charge in [-0.05, 0) is 22.0 Å². The van der Waals surface area contributed by atoms with Gasteiger partial charge in [-0.25, -0.2) is 14.3 Å². The molecule has 0 spiro atoms. The van der Waals surface area contributed by atoms with Crippen LogP contribution in [-0.2, 0) is 4.79 Å². The average Bonchev–Trinajstić information content (AvgIpc) is 2.68. The quantitative estimate of drug-likeness (QED) is 0.739. The summed E-state index contributed by atoms with van der Waals surface area (Å²) in [6.45, 7) is 1.84. The van der Waals surface area contributed by atoms with Gasteiger partial charge in [-0.3, -0.25) is 5.41 Å². The van der Waals surface area contributed by atoms with Gasteiger partial charge in [-0.15, -0.1) is 0 Å². The molecule has 0 aliphatic heterocycles. The van der Waals surface area contributed by atoms with Gasteiger partial charge in [0.1, 0.15) is 17.6 Å². The number of hydrogen-bond donors (Lipinski definition) is 3. The van der Waals surface area contributed by atoms with Crippen molar-refractivity contribution in [2.45, 2.75) is 19.3 Å². The van der Waals surface area contributed by atoms with Crippen LogP contribution in [0.15, 0.2) is 16.9 Å². The fraction of sp³-hybridized carbons (Fsp3) is 0.273. The number of carboxylic acids is 1. The number of hydrogen-bond acceptors (Lipinski definition) is 5. The minimum absolute atomic E-state index is 0.123. The molecule has 8 heteroatoms. The summed E-state index contributed by atoms with van der Waals surface area (Å²) in [5.41, 5.74) is 6.87. The van der Waals surface area contributed by atoms with Gasteiger partial charge in [0.15, 0.2) is 5.82 Å². The molecule has 2 rings (SSSR count). The maximum Gasteiger partial charge on any atom is 0.349 e. The predicted octanol–water partition coefficient (Wildman–Crippen LogP) is 1.67. The highest BCUT2D eigenvalue weighted by Crippen LogP contribution is 2.30. The largest absolute Gasteiger partial charge is 0.477 e. The van der Waals surface area contributed by atoms with Crippen molar-refractivity contribution in [3.63, 3.8) is 0 Å². The molecular formula is C11H12BrN5O2. The summed E-state index contributed by atoms with van der Waals surface area (Å²) in [5.74, 6) is -1.04. The SMILES string of the molecule is CC(CC(=N)C(=O)O)c1cc(Br)c2c(N)ncnn12. The molecular weight excluding hydrogens is 314 g/mol. The van der Waals surface area contributed by atoms with Gasteiger partial charge in [0, 0.05) is 22.5 Å². The molecule has 0 bridgehead atoms. The van der Waals surface area contributed by atoms with Crippen molar-refractivity contribution < 1.29 is 9.90 Å². The summed E-state index contributed by atoms with van der Waals surface area (Å²) in [4.78, 5) is 14.6. The first-order chi connectivity index (χ1) is 8.91. The van der Waals surface area contributed by atoms with Crippen LogP contribution in [0.4, 0.5) is 5.82 Å². The van der Waals surface area contributed by atoms with Crippen LogP contribution < -0.4 is 5.73 Å². The van der Waals surface area contributed by atoms with Crippen molar-refractivity contribution >= 4 is 38.9 Å². The average molecular weight is 326 g/mol. The first-order valence-corrected chi connectivity index (χ1v) is 6.29. The van der Waals surface area contributed by atoms with E-state index < -0.39 is 5.97 Å². The van der Waals surface area contributed by atoms with Crippen molar-refractivity contribution in [2.75, 3.05) is 5.73 Å². The lowest BCUT2D eigenvalue weighted by Gasteiger charge is -2.10. The van der Waals surface area contributed by atoms with Crippen LogP contribution in [0.1, 0.15) is 25.0 Å². The van der Waals surface area contributed by atoms with Gasteiger partial charge in [0.05, 0.1) is 0 Å². The fourth-order valence-corrected chi connectivity index (χ4v) is 2.50. The second-order valence-corrected chi connectivity index (χ2v) is 5.07. The zero-order valence-corrected chi connectivity index (χ0v) is 11.7. The summed E-state index contributed by atoms with van der Waals surface area (Å²) in [6.07, 6.45) is 1.46. The summed E-state index contributed by atoms with van der Waals surface area (Å²) in [7, 11) is 0. The Labute approximate surface area is 117 Å². The molecule has 0 amide bonds. The number of fused-ring (bicyclic) bond motifs is 1. The Morgan fingerprint density at radius 1 is 1.68 bits per heavy atom. The predicted molar refractivity (Wildman–Crippen MR) is 73.5 cm³/mol.